The molecule has 6 rings (SSSR count). The summed E-state index contributed by atoms with van der Waals surface area (Å²) in [4.78, 5) is 38.3. The number of hydrogen-bond acceptors (Lipinski definition) is 3. The molecule has 3 aliphatic rings. The maximum Gasteiger partial charge on any atom is 0.419 e. The van der Waals surface area contributed by atoms with E-state index in [0.717, 1.165) is 53.3 Å². The van der Waals surface area contributed by atoms with Gasteiger partial charge in [0.25, 0.3) is 11.8 Å². The van der Waals surface area contributed by atoms with Crippen molar-refractivity contribution in [2.24, 2.45) is 0 Å². The third kappa shape index (κ3) is 5.54. The van der Waals surface area contributed by atoms with E-state index in [0.29, 0.717) is 0 Å². The van der Waals surface area contributed by atoms with E-state index in [9.17, 15) is 14.4 Å². The predicted octanol–water partition coefficient (Wildman–Crippen LogP) is 7.18. The normalized spacial score (nSPS) is 18.2. The highest BCUT2D eigenvalue weighted by Crippen LogP contribution is 2.38. The van der Waals surface area contributed by atoms with E-state index < -0.39 is 0 Å². The summed E-state index contributed by atoms with van der Waals surface area (Å²) in [6.45, 7) is 10.5. The average Bonchev–Trinajstić information content (AvgIpc) is 3.36. The molecule has 39 heavy (non-hydrogen) atoms. The Morgan fingerprint density at radius 2 is 1.36 bits per heavy atom. The van der Waals surface area contributed by atoms with E-state index in [4.69, 9.17) is 0 Å². The lowest BCUT2D eigenvalue weighted by molar-refractivity contribution is -0.457. The number of nitrogens with zero attached hydrogens (tertiary/aromatic N) is 3. The van der Waals surface area contributed by atoms with Gasteiger partial charge in [-0.2, -0.15) is 4.58 Å². The molecule has 0 aromatic heterocycles. The summed E-state index contributed by atoms with van der Waals surface area (Å²) in [7, 11) is 3.66. The molecule has 1 atom stereocenters. The maximum absolute atomic E-state index is 11.8. The summed E-state index contributed by atoms with van der Waals surface area (Å²) >= 11 is 10.2. The molecular formula is C30H29Br3N3O3+. The molecule has 0 aliphatic carbocycles. The Bertz CT molecular complexity index is 1530. The highest BCUT2D eigenvalue weighted by molar-refractivity contribution is 9.11. The van der Waals surface area contributed by atoms with Crippen molar-refractivity contribution in [3.63, 3.8) is 0 Å². The molecule has 0 bridgehead atoms. The van der Waals surface area contributed by atoms with Crippen molar-refractivity contribution in [2.75, 3.05) is 14.1 Å². The molecule has 9 heteroatoms. The number of amides is 3. The van der Waals surface area contributed by atoms with Crippen LogP contribution in [0.5, 0.6) is 0 Å². The van der Waals surface area contributed by atoms with Crippen molar-refractivity contribution < 1.29 is 19.0 Å². The standard InChI is InChI=1S/C11H12BrNO.C10H9BrNO.C9H8BrNO/c1-11(2)9-6-7(12)4-5-8(9)10(14)13(11)3;1-6-9-5-7(11)3-4-8(9)10(13)12(6)2;1-11-5-6-4-7(10)2-3-8(6)9(11)12/h4-6H,1-3H3;3-6H,2H2,1H3;2-4H,5H2,1H3/q;+1;. The second-order valence-electron chi connectivity index (χ2n) is 10.3. The van der Waals surface area contributed by atoms with Gasteiger partial charge in [0.05, 0.1) is 5.54 Å². The lowest BCUT2D eigenvalue weighted by Crippen LogP contribution is -2.35. The summed E-state index contributed by atoms with van der Waals surface area (Å²) in [6.07, 6.45) is 0. The largest absolute Gasteiger partial charge is 0.419 e. The van der Waals surface area contributed by atoms with Gasteiger partial charge in [0.2, 0.25) is 0 Å². The van der Waals surface area contributed by atoms with Crippen molar-refractivity contribution in [3.8, 4) is 0 Å². The van der Waals surface area contributed by atoms with E-state index in [2.05, 4.69) is 68.4 Å². The minimum atomic E-state index is -0.198. The topological polar surface area (TPSA) is 60.7 Å². The fraction of sp³-hybridized carbons (Fsp3) is 0.267. The van der Waals surface area contributed by atoms with Crippen LogP contribution >= 0.6 is 47.8 Å². The van der Waals surface area contributed by atoms with Gasteiger partial charge in [0.1, 0.15) is 12.3 Å². The summed E-state index contributed by atoms with van der Waals surface area (Å²) in [5.41, 5.74) is 5.48. The Morgan fingerprint density at radius 3 is 2.00 bits per heavy atom. The van der Waals surface area contributed by atoms with Crippen LogP contribution in [-0.2, 0) is 12.1 Å². The Balaban J connectivity index is 0.000000136. The first-order valence-corrected chi connectivity index (χ1v) is 14.7. The van der Waals surface area contributed by atoms with Crippen LogP contribution in [0.15, 0.2) is 68.0 Å². The van der Waals surface area contributed by atoms with Crippen molar-refractivity contribution in [1.82, 2.24) is 9.80 Å². The van der Waals surface area contributed by atoms with Crippen molar-refractivity contribution in [3.05, 3.63) is 101 Å². The highest BCUT2D eigenvalue weighted by atomic mass is 79.9. The number of halogens is 3. The van der Waals surface area contributed by atoms with E-state index >= 15 is 0 Å². The van der Waals surface area contributed by atoms with Gasteiger partial charge in [-0.3, -0.25) is 9.59 Å². The Morgan fingerprint density at radius 1 is 0.821 bits per heavy atom. The molecule has 6 nitrogen and oxygen atoms in total. The van der Waals surface area contributed by atoms with Crippen LogP contribution in [0.25, 0.3) is 0 Å². The molecule has 0 saturated heterocycles. The molecule has 1 unspecified atom stereocenters. The molecule has 0 N–H and O–H groups in total. The van der Waals surface area contributed by atoms with Crippen LogP contribution in [-0.4, -0.2) is 52.9 Å². The molecule has 3 amide bonds. The van der Waals surface area contributed by atoms with Gasteiger partial charge in [0, 0.05) is 57.7 Å². The highest BCUT2D eigenvalue weighted by Gasteiger charge is 2.40. The number of benzene rings is 3. The van der Waals surface area contributed by atoms with Crippen molar-refractivity contribution >= 4 is 72.2 Å². The molecule has 0 spiro atoms. The first-order valence-electron chi connectivity index (χ1n) is 12.3. The number of hydrogen-bond donors (Lipinski definition) is 0. The van der Waals surface area contributed by atoms with Gasteiger partial charge in [-0.1, -0.05) is 47.8 Å². The molecule has 0 saturated carbocycles. The van der Waals surface area contributed by atoms with Crippen molar-refractivity contribution in [2.45, 2.75) is 38.9 Å². The third-order valence-electron chi connectivity index (χ3n) is 7.49. The van der Waals surface area contributed by atoms with Crippen LogP contribution < -0.4 is 0 Å². The van der Waals surface area contributed by atoms with Crippen molar-refractivity contribution in [1.29, 1.82) is 0 Å². The smallest absolute Gasteiger partial charge is 0.337 e. The quantitative estimate of drug-likeness (QED) is 0.232. The fourth-order valence-corrected chi connectivity index (χ4v) is 5.98. The zero-order valence-electron chi connectivity index (χ0n) is 22.4. The van der Waals surface area contributed by atoms with E-state index in [1.807, 2.05) is 75.6 Å². The summed E-state index contributed by atoms with van der Waals surface area (Å²) in [5, 5.41) is 0. The van der Waals surface area contributed by atoms with Gasteiger partial charge in [0.15, 0.2) is 6.04 Å². The first kappa shape index (κ1) is 29.4. The van der Waals surface area contributed by atoms with Crippen LogP contribution in [0.4, 0.5) is 0 Å². The number of rotatable bonds is 0. The first-order chi connectivity index (χ1) is 18.2. The molecule has 3 aliphatic heterocycles. The number of carbonyl (C=O) groups excluding carboxylic acids is 3. The zero-order valence-corrected chi connectivity index (χ0v) is 27.1. The lowest BCUT2D eigenvalue weighted by Gasteiger charge is -2.28. The summed E-state index contributed by atoms with van der Waals surface area (Å²) in [6, 6.07) is 17.3. The van der Waals surface area contributed by atoms with Gasteiger partial charge in [-0.25, -0.2) is 4.79 Å². The molecule has 0 fully saturated rings. The fourth-order valence-electron chi connectivity index (χ4n) is 4.83. The summed E-state index contributed by atoms with van der Waals surface area (Å²) < 4.78 is 4.56. The second-order valence-corrected chi connectivity index (χ2v) is 13.0. The molecule has 3 aromatic rings. The lowest BCUT2D eigenvalue weighted by atomic mass is 9.94. The molecular weight excluding hydrogens is 690 g/mol. The van der Waals surface area contributed by atoms with E-state index in [-0.39, 0.29) is 29.3 Å². The molecule has 202 valence electrons. The SMILES string of the molecule is C=[N+]1C(=O)c2ccc(Br)cc2C1C.CN1C(=O)c2ccc(Br)cc2C1(C)C.CN1Cc2cc(Br)ccc2C1=O. The van der Waals surface area contributed by atoms with Gasteiger partial charge < -0.3 is 9.80 Å². The van der Waals surface area contributed by atoms with Crippen LogP contribution in [0, 0.1) is 0 Å². The number of fused-ring (bicyclic) bond motifs is 3. The minimum absolute atomic E-state index is 0.00926. The minimum Gasteiger partial charge on any atom is -0.337 e. The van der Waals surface area contributed by atoms with Gasteiger partial charge in [-0.05, 0) is 79.6 Å². The van der Waals surface area contributed by atoms with E-state index in [1.165, 1.54) is 4.58 Å². The van der Waals surface area contributed by atoms with Gasteiger partial charge >= 0.3 is 5.91 Å². The zero-order chi connectivity index (χ0) is 28.8. The molecule has 3 aromatic carbocycles. The molecule has 3 heterocycles. The van der Waals surface area contributed by atoms with Crippen LogP contribution in [0.1, 0.15) is 74.6 Å². The Hall–Kier alpha value is -2.62. The third-order valence-corrected chi connectivity index (χ3v) is 8.97. The van der Waals surface area contributed by atoms with Crippen LogP contribution in [0.2, 0.25) is 0 Å². The van der Waals surface area contributed by atoms with E-state index in [1.54, 1.807) is 9.80 Å². The maximum atomic E-state index is 11.8. The number of carbonyl (C=O) groups is 3. The van der Waals surface area contributed by atoms with Gasteiger partial charge in [-0.15, -0.1) is 0 Å². The second kappa shape index (κ2) is 11.1. The summed E-state index contributed by atoms with van der Waals surface area (Å²) in [5.74, 6) is 0.241. The Kier molecular flexibility index (Phi) is 8.36. The predicted molar refractivity (Wildman–Crippen MR) is 163 cm³/mol. The Labute approximate surface area is 254 Å². The monoisotopic (exact) mass is 716 g/mol. The molecule has 0 radical (unpaired) electrons. The average molecular weight is 719 g/mol. The van der Waals surface area contributed by atoms with Crippen LogP contribution in [0.3, 0.4) is 0 Å².